The first-order valence-electron chi connectivity index (χ1n) is 8.22. The van der Waals surface area contributed by atoms with Gasteiger partial charge in [-0.05, 0) is 57.4 Å². The molecule has 2 nitrogen and oxygen atoms in total. The maximum atomic E-state index is 12.6. The average Bonchev–Trinajstić information content (AvgIpc) is 2.53. The highest BCUT2D eigenvalue weighted by molar-refractivity contribution is 7.66. The van der Waals surface area contributed by atoms with Crippen molar-refractivity contribution in [1.29, 1.82) is 0 Å². The molecule has 2 rings (SSSR count). The molecule has 0 bridgehead atoms. The first-order chi connectivity index (χ1) is 11.1. The van der Waals surface area contributed by atoms with E-state index in [2.05, 4.69) is 6.92 Å². The molecule has 1 unspecified atom stereocenters. The van der Waals surface area contributed by atoms with Crippen LogP contribution in [0.5, 0.6) is 5.75 Å². The highest BCUT2D eigenvalue weighted by atomic mass is 31.1. The Morgan fingerprint density at radius 1 is 1.00 bits per heavy atom. The Labute approximate surface area is 141 Å². The third-order valence-electron chi connectivity index (χ3n) is 3.84. The Morgan fingerprint density at radius 2 is 1.65 bits per heavy atom. The number of carbonyl (C=O) groups excluding carboxylic acids is 1. The Hall–Kier alpha value is -1.66. The van der Waals surface area contributed by atoms with Gasteiger partial charge in [0, 0.05) is 5.56 Å². The monoisotopic (exact) mass is 328 g/mol. The molecule has 0 aliphatic carbocycles. The van der Waals surface area contributed by atoms with Crippen molar-refractivity contribution in [2.24, 2.45) is 0 Å². The first-order valence-corrected chi connectivity index (χ1v) is 9.22. The second kappa shape index (κ2) is 8.84. The molecule has 23 heavy (non-hydrogen) atoms. The van der Waals surface area contributed by atoms with Crippen LogP contribution in [0.25, 0.3) is 0 Å². The summed E-state index contributed by atoms with van der Waals surface area (Å²) in [4.78, 5) is 12.6. The Morgan fingerprint density at radius 3 is 2.26 bits per heavy atom. The molecule has 0 spiro atoms. The Bertz CT molecular complexity index is 627. The van der Waals surface area contributed by atoms with Gasteiger partial charge in [-0.1, -0.05) is 50.1 Å². The van der Waals surface area contributed by atoms with Gasteiger partial charge in [-0.25, -0.2) is 0 Å². The van der Waals surface area contributed by atoms with E-state index in [1.807, 2.05) is 56.3 Å². The summed E-state index contributed by atoms with van der Waals surface area (Å²) in [5.74, 6) is 0.883. The second-order valence-electron chi connectivity index (χ2n) is 5.80. The Kier molecular flexibility index (Phi) is 6.80. The van der Waals surface area contributed by atoms with Gasteiger partial charge in [0.25, 0.3) is 0 Å². The van der Waals surface area contributed by atoms with Crippen LogP contribution in [0.3, 0.4) is 0 Å². The van der Waals surface area contributed by atoms with Gasteiger partial charge in [0.1, 0.15) is 5.75 Å². The smallest absolute Gasteiger partial charge is 0.186 e. The average molecular weight is 328 g/mol. The largest absolute Gasteiger partial charge is 0.494 e. The number of hydrogen-bond acceptors (Lipinski definition) is 2. The summed E-state index contributed by atoms with van der Waals surface area (Å²) < 4.78 is 5.71. The van der Waals surface area contributed by atoms with E-state index < -0.39 is 0 Å². The van der Waals surface area contributed by atoms with Crippen LogP contribution >= 0.6 is 8.58 Å². The van der Waals surface area contributed by atoms with Gasteiger partial charge < -0.3 is 4.74 Å². The van der Waals surface area contributed by atoms with E-state index in [0.29, 0.717) is 0 Å². The van der Waals surface area contributed by atoms with E-state index in [1.165, 1.54) is 12.8 Å². The summed E-state index contributed by atoms with van der Waals surface area (Å²) >= 11 is 0. The van der Waals surface area contributed by atoms with Gasteiger partial charge in [-0.3, -0.25) is 4.79 Å². The lowest BCUT2D eigenvalue weighted by atomic mass is 10.0. The highest BCUT2D eigenvalue weighted by Crippen LogP contribution is 2.24. The van der Waals surface area contributed by atoms with Crippen molar-refractivity contribution in [3.05, 3.63) is 59.2 Å². The molecule has 122 valence electrons. The standard InChI is InChI=1S/C20H25O2P/c1-4-5-6-14-22-17-10-12-18(13-11-17)23-20(21)19-15(2)8-7-9-16(19)3/h7-13,23H,4-6,14H2,1-3H3. The minimum absolute atomic E-state index is 0.153. The van der Waals surface area contributed by atoms with Crippen molar-refractivity contribution in [2.75, 3.05) is 6.61 Å². The third-order valence-corrected chi connectivity index (χ3v) is 4.94. The molecule has 0 heterocycles. The van der Waals surface area contributed by atoms with Crippen LogP contribution in [-0.2, 0) is 0 Å². The van der Waals surface area contributed by atoms with Gasteiger partial charge >= 0.3 is 0 Å². The van der Waals surface area contributed by atoms with Crippen LogP contribution in [-0.4, -0.2) is 12.1 Å². The number of unbranched alkanes of at least 4 members (excludes halogenated alkanes) is 2. The molecule has 0 aliphatic rings. The first kappa shape index (κ1) is 17.7. The van der Waals surface area contributed by atoms with E-state index in [0.717, 1.165) is 40.8 Å². The fourth-order valence-corrected chi connectivity index (χ4v) is 3.66. The summed E-state index contributed by atoms with van der Waals surface area (Å²) in [5.41, 5.74) is 3.18. The zero-order chi connectivity index (χ0) is 16.7. The van der Waals surface area contributed by atoms with E-state index in [-0.39, 0.29) is 14.1 Å². The summed E-state index contributed by atoms with van der Waals surface area (Å²) in [6, 6.07) is 13.9. The number of aryl methyl sites for hydroxylation is 2. The van der Waals surface area contributed by atoms with E-state index in [9.17, 15) is 4.79 Å². The van der Waals surface area contributed by atoms with Crippen molar-refractivity contribution in [3.63, 3.8) is 0 Å². The zero-order valence-electron chi connectivity index (χ0n) is 14.2. The third kappa shape index (κ3) is 5.18. The highest BCUT2D eigenvalue weighted by Gasteiger charge is 2.12. The number of hydrogen-bond donors (Lipinski definition) is 0. The molecule has 0 fully saturated rings. The second-order valence-corrected chi connectivity index (χ2v) is 7.08. The predicted octanol–water partition coefficient (Wildman–Crippen LogP) is 5.02. The van der Waals surface area contributed by atoms with Crippen LogP contribution in [0.1, 0.15) is 47.7 Å². The maximum Gasteiger partial charge on any atom is 0.186 e. The van der Waals surface area contributed by atoms with Gasteiger partial charge in [-0.15, -0.1) is 0 Å². The molecule has 0 N–H and O–H groups in total. The summed E-state index contributed by atoms with van der Waals surface area (Å²) in [6.07, 6.45) is 3.48. The van der Waals surface area contributed by atoms with Crippen molar-refractivity contribution in [3.8, 4) is 5.75 Å². The lowest BCUT2D eigenvalue weighted by Gasteiger charge is -2.09. The molecule has 1 atom stereocenters. The number of benzene rings is 2. The van der Waals surface area contributed by atoms with Gasteiger partial charge in [0.2, 0.25) is 0 Å². The lowest BCUT2D eigenvalue weighted by molar-refractivity contribution is 0.108. The molecular formula is C20H25O2P. The minimum Gasteiger partial charge on any atom is -0.494 e. The number of carbonyl (C=O) groups is 1. The van der Waals surface area contributed by atoms with Crippen LogP contribution < -0.4 is 10.0 Å². The zero-order valence-corrected chi connectivity index (χ0v) is 15.2. The molecular weight excluding hydrogens is 303 g/mol. The molecule has 0 saturated carbocycles. The summed E-state index contributed by atoms with van der Waals surface area (Å²) in [7, 11) is 0.153. The van der Waals surface area contributed by atoms with Crippen molar-refractivity contribution >= 4 is 19.4 Å². The Balaban J connectivity index is 1.96. The summed E-state index contributed by atoms with van der Waals surface area (Å²) in [5, 5.41) is 1.05. The maximum absolute atomic E-state index is 12.6. The SMILES string of the molecule is CCCCCOc1ccc(PC(=O)c2c(C)cccc2C)cc1. The molecule has 0 saturated heterocycles. The predicted molar refractivity (Wildman–Crippen MR) is 99.7 cm³/mol. The topological polar surface area (TPSA) is 26.3 Å². The molecule has 0 radical (unpaired) electrons. The fourth-order valence-electron chi connectivity index (χ4n) is 2.54. The van der Waals surface area contributed by atoms with E-state index in [4.69, 9.17) is 4.74 Å². The van der Waals surface area contributed by atoms with Crippen LogP contribution in [0, 0.1) is 13.8 Å². The quantitative estimate of drug-likeness (QED) is 0.502. The number of ether oxygens (including phenoxy) is 1. The fraction of sp³-hybridized carbons (Fsp3) is 0.350. The van der Waals surface area contributed by atoms with E-state index >= 15 is 0 Å². The molecule has 0 amide bonds. The van der Waals surface area contributed by atoms with Crippen LogP contribution in [0.15, 0.2) is 42.5 Å². The van der Waals surface area contributed by atoms with Crippen molar-refractivity contribution < 1.29 is 9.53 Å². The van der Waals surface area contributed by atoms with Gasteiger partial charge in [-0.2, -0.15) is 0 Å². The molecule has 3 heteroatoms. The lowest BCUT2D eigenvalue weighted by Crippen LogP contribution is -2.05. The van der Waals surface area contributed by atoms with Crippen LogP contribution in [0.2, 0.25) is 0 Å². The molecule has 2 aromatic carbocycles. The van der Waals surface area contributed by atoms with Gasteiger partial charge in [0.05, 0.1) is 6.61 Å². The molecule has 2 aromatic rings. The van der Waals surface area contributed by atoms with Crippen molar-refractivity contribution in [2.45, 2.75) is 40.0 Å². The molecule has 0 aliphatic heterocycles. The minimum atomic E-state index is 0.153. The van der Waals surface area contributed by atoms with E-state index in [1.54, 1.807) is 0 Å². The van der Waals surface area contributed by atoms with Crippen LogP contribution in [0.4, 0.5) is 0 Å². The van der Waals surface area contributed by atoms with Crippen molar-refractivity contribution in [1.82, 2.24) is 0 Å². The van der Waals surface area contributed by atoms with Gasteiger partial charge in [0.15, 0.2) is 5.52 Å². The molecule has 0 aromatic heterocycles. The summed E-state index contributed by atoms with van der Waals surface area (Å²) in [6.45, 7) is 6.94. The normalized spacial score (nSPS) is 11.1. The number of rotatable bonds is 8.